The Kier molecular flexibility index (Phi) is 5.64. The number of rotatable bonds is 3. The van der Waals surface area contributed by atoms with Crippen LogP contribution in [0.25, 0.3) is 5.69 Å². The second kappa shape index (κ2) is 8.48. The molecular weight excluding hydrogens is 483 g/mol. The summed E-state index contributed by atoms with van der Waals surface area (Å²) in [7, 11) is 1.88. The van der Waals surface area contributed by atoms with Crippen molar-refractivity contribution in [1.82, 2.24) is 29.7 Å². The van der Waals surface area contributed by atoms with Crippen LogP contribution in [0.4, 0.5) is 0 Å². The van der Waals surface area contributed by atoms with E-state index in [-0.39, 0.29) is 17.5 Å². The summed E-state index contributed by atoms with van der Waals surface area (Å²) in [5, 5.41) is 13.7. The average molecular weight is 502 g/mol. The van der Waals surface area contributed by atoms with Crippen molar-refractivity contribution in [3.63, 3.8) is 0 Å². The largest absolute Gasteiger partial charge is 0.332 e. The molecule has 2 aromatic heterocycles. The van der Waals surface area contributed by atoms with Crippen molar-refractivity contribution in [2.75, 3.05) is 6.54 Å². The van der Waals surface area contributed by atoms with Gasteiger partial charge in [0.1, 0.15) is 5.69 Å². The zero-order valence-corrected chi connectivity index (χ0v) is 20.1. The number of halogens is 3. The Morgan fingerprint density at radius 2 is 1.85 bits per heavy atom. The van der Waals surface area contributed by atoms with E-state index in [2.05, 4.69) is 27.5 Å². The van der Waals surface area contributed by atoms with Crippen molar-refractivity contribution >= 4 is 40.7 Å². The van der Waals surface area contributed by atoms with Gasteiger partial charge in [-0.2, -0.15) is 5.10 Å². The molecule has 0 fully saturated rings. The molecule has 0 saturated carbocycles. The lowest BCUT2D eigenvalue weighted by molar-refractivity contribution is 0.0718. The maximum Gasteiger partial charge on any atom is 0.276 e. The second-order valence-electron chi connectivity index (χ2n) is 8.04. The summed E-state index contributed by atoms with van der Waals surface area (Å²) in [5.41, 5.74) is 4.59. The van der Waals surface area contributed by atoms with Crippen molar-refractivity contribution in [1.29, 1.82) is 0 Å². The molecule has 7 nitrogen and oxygen atoms in total. The minimum Gasteiger partial charge on any atom is -0.332 e. The number of aryl methyl sites for hydroxylation is 1. The third-order valence-corrected chi connectivity index (χ3v) is 6.69. The molecule has 1 amide bonds. The van der Waals surface area contributed by atoms with Crippen LogP contribution in [0.1, 0.15) is 38.8 Å². The summed E-state index contributed by atoms with van der Waals surface area (Å²) in [5.74, 6) is -0.188. The van der Waals surface area contributed by atoms with E-state index in [0.717, 1.165) is 11.1 Å². The van der Waals surface area contributed by atoms with Gasteiger partial charge in [-0.05, 0) is 35.7 Å². The van der Waals surface area contributed by atoms with E-state index in [4.69, 9.17) is 34.8 Å². The van der Waals surface area contributed by atoms with E-state index in [1.165, 1.54) is 10.2 Å². The SMILES string of the molecule is Cc1c(C(=O)N2Cc3ccccc3C(c3cnn(C)c3)C2)nnn1-c1c(Cl)cc(Cl)cc1Cl. The fraction of sp³-hybridized carbons (Fsp3) is 0.217. The molecule has 0 N–H and O–H groups in total. The summed E-state index contributed by atoms with van der Waals surface area (Å²) in [4.78, 5) is 15.4. The minimum atomic E-state index is -0.205. The number of carbonyl (C=O) groups is 1. The normalized spacial score (nSPS) is 15.5. The Morgan fingerprint density at radius 1 is 1.12 bits per heavy atom. The number of carbonyl (C=O) groups excluding carboxylic acids is 1. The number of fused-ring (bicyclic) bond motifs is 1. The number of benzene rings is 2. The topological polar surface area (TPSA) is 68.8 Å². The summed E-state index contributed by atoms with van der Waals surface area (Å²) >= 11 is 18.8. The van der Waals surface area contributed by atoms with Crippen LogP contribution < -0.4 is 0 Å². The van der Waals surface area contributed by atoms with Crippen LogP contribution in [0.15, 0.2) is 48.8 Å². The van der Waals surface area contributed by atoms with Crippen molar-refractivity contribution in [3.05, 3.63) is 91.9 Å². The summed E-state index contributed by atoms with van der Waals surface area (Å²) in [6, 6.07) is 11.3. The monoisotopic (exact) mass is 500 g/mol. The third kappa shape index (κ3) is 3.90. The Balaban J connectivity index is 1.51. The summed E-state index contributed by atoms with van der Waals surface area (Å²) in [6.45, 7) is 2.77. The smallest absolute Gasteiger partial charge is 0.276 e. The molecule has 1 aliphatic rings. The predicted molar refractivity (Wildman–Crippen MR) is 127 cm³/mol. The Morgan fingerprint density at radius 3 is 2.55 bits per heavy atom. The molecule has 3 heterocycles. The first-order valence-electron chi connectivity index (χ1n) is 10.3. The van der Waals surface area contributed by atoms with E-state index in [0.29, 0.717) is 39.5 Å². The fourth-order valence-corrected chi connectivity index (χ4v) is 5.27. The maximum atomic E-state index is 13.6. The molecule has 33 heavy (non-hydrogen) atoms. The lowest BCUT2D eigenvalue weighted by Gasteiger charge is -2.34. The number of hydrogen-bond donors (Lipinski definition) is 0. The van der Waals surface area contributed by atoms with Gasteiger partial charge in [0, 0.05) is 37.3 Å². The first kappa shape index (κ1) is 21.9. The van der Waals surface area contributed by atoms with Crippen molar-refractivity contribution in [2.24, 2.45) is 7.05 Å². The summed E-state index contributed by atoms with van der Waals surface area (Å²) < 4.78 is 3.25. The van der Waals surface area contributed by atoms with Gasteiger partial charge in [-0.25, -0.2) is 4.68 Å². The van der Waals surface area contributed by atoms with Gasteiger partial charge in [-0.1, -0.05) is 64.3 Å². The molecule has 1 unspecified atom stereocenters. The van der Waals surface area contributed by atoms with Gasteiger partial charge < -0.3 is 4.90 Å². The van der Waals surface area contributed by atoms with Crippen LogP contribution in [0.2, 0.25) is 15.1 Å². The molecule has 0 spiro atoms. The zero-order valence-electron chi connectivity index (χ0n) is 17.8. The molecule has 0 bridgehead atoms. The Hall–Kier alpha value is -2.87. The van der Waals surface area contributed by atoms with Crippen LogP contribution in [0.3, 0.4) is 0 Å². The molecule has 2 aromatic carbocycles. The lowest BCUT2D eigenvalue weighted by atomic mass is 9.86. The zero-order chi connectivity index (χ0) is 23.3. The van der Waals surface area contributed by atoms with Gasteiger partial charge in [0.15, 0.2) is 5.69 Å². The molecule has 4 aromatic rings. The first-order valence-corrected chi connectivity index (χ1v) is 11.4. The maximum absolute atomic E-state index is 13.6. The average Bonchev–Trinajstić information content (AvgIpc) is 3.38. The highest BCUT2D eigenvalue weighted by Crippen LogP contribution is 2.35. The van der Waals surface area contributed by atoms with Crippen LogP contribution in [0, 0.1) is 6.92 Å². The van der Waals surface area contributed by atoms with Gasteiger partial charge in [-0.3, -0.25) is 9.48 Å². The molecule has 10 heteroatoms. The summed E-state index contributed by atoms with van der Waals surface area (Å²) in [6.07, 6.45) is 3.84. The lowest BCUT2D eigenvalue weighted by Crippen LogP contribution is -2.39. The molecule has 1 aliphatic heterocycles. The standard InChI is InChI=1S/C23H19Cl3N6O/c1-13-21(28-29-32(13)22-19(25)7-16(24)8-20(22)26)23(33)31-11-14-5-3-4-6-17(14)18(12-31)15-9-27-30(2)10-15/h3-10,18H,11-12H2,1-2H3. The van der Waals surface area contributed by atoms with Gasteiger partial charge in [0.2, 0.25) is 0 Å². The quantitative estimate of drug-likeness (QED) is 0.394. The van der Waals surface area contributed by atoms with Gasteiger partial charge >= 0.3 is 0 Å². The third-order valence-electron chi connectivity index (χ3n) is 5.90. The number of aromatic nitrogens is 5. The number of nitrogens with zero attached hydrogens (tertiary/aromatic N) is 6. The van der Waals surface area contributed by atoms with E-state index in [9.17, 15) is 4.79 Å². The molecular formula is C23H19Cl3N6O. The van der Waals surface area contributed by atoms with E-state index >= 15 is 0 Å². The van der Waals surface area contributed by atoms with Crippen molar-refractivity contribution < 1.29 is 4.79 Å². The highest BCUT2D eigenvalue weighted by molar-refractivity contribution is 6.40. The molecule has 0 saturated heterocycles. The van der Waals surface area contributed by atoms with Crippen molar-refractivity contribution in [3.8, 4) is 5.69 Å². The van der Waals surface area contributed by atoms with Crippen LogP contribution >= 0.6 is 34.8 Å². The van der Waals surface area contributed by atoms with E-state index < -0.39 is 0 Å². The van der Waals surface area contributed by atoms with Crippen LogP contribution in [-0.2, 0) is 13.6 Å². The highest BCUT2D eigenvalue weighted by atomic mass is 35.5. The molecule has 1 atom stereocenters. The first-order chi connectivity index (χ1) is 15.8. The molecule has 0 aliphatic carbocycles. The minimum absolute atomic E-state index is 0.0168. The van der Waals surface area contributed by atoms with Gasteiger partial charge in [0.25, 0.3) is 5.91 Å². The number of hydrogen-bond acceptors (Lipinski definition) is 4. The second-order valence-corrected chi connectivity index (χ2v) is 9.29. The molecule has 168 valence electrons. The van der Waals surface area contributed by atoms with Gasteiger partial charge in [0.05, 0.1) is 21.9 Å². The molecule has 5 rings (SSSR count). The number of amides is 1. The van der Waals surface area contributed by atoms with E-state index in [1.807, 2.05) is 31.6 Å². The van der Waals surface area contributed by atoms with Gasteiger partial charge in [-0.15, -0.1) is 5.10 Å². The predicted octanol–water partition coefficient (Wildman–Crippen LogP) is 5.06. The van der Waals surface area contributed by atoms with Crippen LogP contribution in [-0.4, -0.2) is 42.1 Å². The van der Waals surface area contributed by atoms with Crippen LogP contribution in [0.5, 0.6) is 0 Å². The fourth-order valence-electron chi connectivity index (χ4n) is 4.29. The van der Waals surface area contributed by atoms with Crippen molar-refractivity contribution in [2.45, 2.75) is 19.4 Å². The van der Waals surface area contributed by atoms with E-state index in [1.54, 1.807) is 28.6 Å². The Labute approximate surface area is 205 Å². The highest BCUT2D eigenvalue weighted by Gasteiger charge is 2.32. The Bertz CT molecular complexity index is 1360. The molecule has 0 radical (unpaired) electrons.